The van der Waals surface area contributed by atoms with Crippen molar-refractivity contribution in [3.05, 3.63) is 68.5 Å². The molecule has 2 N–H and O–H groups in total. The summed E-state index contributed by atoms with van der Waals surface area (Å²) in [4.78, 5) is 35.3. The fraction of sp³-hybridized carbons (Fsp3) is 0.400. The number of amides is 2. The number of thiophene rings is 2. The summed E-state index contributed by atoms with van der Waals surface area (Å²) in [7, 11) is 0. The lowest BCUT2D eigenvalue weighted by atomic mass is 9.95. The number of hydrogen-bond donors (Lipinski definition) is 2. The Balaban J connectivity index is 1.37. The van der Waals surface area contributed by atoms with Crippen LogP contribution in [0.25, 0.3) is 0 Å². The minimum absolute atomic E-state index is 0.107. The highest BCUT2D eigenvalue weighted by Gasteiger charge is 2.29. The van der Waals surface area contributed by atoms with Gasteiger partial charge in [0.15, 0.2) is 0 Å². The van der Waals surface area contributed by atoms with Crippen molar-refractivity contribution in [3.8, 4) is 0 Å². The number of hydrogen-bond acceptors (Lipinski definition) is 7. The molecule has 1 saturated heterocycles. The molecule has 2 aliphatic rings. The zero-order valence-corrected chi connectivity index (χ0v) is 20.6. The van der Waals surface area contributed by atoms with E-state index in [4.69, 9.17) is 4.74 Å². The molecule has 0 saturated carbocycles. The van der Waals surface area contributed by atoms with Gasteiger partial charge in [0, 0.05) is 41.8 Å². The molecule has 0 spiro atoms. The summed E-state index contributed by atoms with van der Waals surface area (Å²) < 4.78 is 5.53. The first-order chi connectivity index (χ1) is 16.7. The number of ether oxygens (including phenoxy) is 1. The number of aryl methyl sites for hydroxylation is 1. The minimum Gasteiger partial charge on any atom is -0.379 e. The Hall–Kier alpha value is -2.59. The summed E-state index contributed by atoms with van der Waals surface area (Å²) in [6.45, 7) is 3.62. The van der Waals surface area contributed by atoms with E-state index >= 15 is 0 Å². The van der Waals surface area contributed by atoms with E-state index in [1.54, 1.807) is 29.7 Å². The Morgan fingerprint density at radius 2 is 1.97 bits per heavy atom. The molecule has 1 aliphatic carbocycles. The van der Waals surface area contributed by atoms with E-state index in [2.05, 4.69) is 38.0 Å². The molecule has 0 radical (unpaired) electrons. The second-order valence-corrected chi connectivity index (χ2v) is 10.6. The number of fused-ring (bicyclic) bond motifs is 1. The molecule has 0 bridgehead atoms. The molecule has 2 amide bonds. The third-order valence-corrected chi connectivity index (χ3v) is 8.54. The van der Waals surface area contributed by atoms with Crippen molar-refractivity contribution in [2.45, 2.75) is 31.7 Å². The molecule has 7 nitrogen and oxygen atoms in total. The lowest BCUT2D eigenvalue weighted by Gasteiger charge is -2.34. The van der Waals surface area contributed by atoms with Gasteiger partial charge in [-0.15, -0.1) is 22.7 Å². The molecule has 5 rings (SSSR count). The van der Waals surface area contributed by atoms with Crippen LogP contribution in [0.15, 0.2) is 42.0 Å². The maximum absolute atomic E-state index is 13.6. The second-order valence-electron chi connectivity index (χ2n) is 8.50. The SMILES string of the molecule is O=C(Nc1sc2c(c1C(=O)NCC(c1cccs1)N1CCOCC1)CCCC2)c1cccnc1. The molecular formula is C25H28N4O3S2. The molecule has 0 aromatic carbocycles. The minimum atomic E-state index is -0.245. The van der Waals surface area contributed by atoms with Crippen LogP contribution in [0.5, 0.6) is 0 Å². The van der Waals surface area contributed by atoms with Gasteiger partial charge < -0.3 is 15.4 Å². The Morgan fingerprint density at radius 3 is 2.74 bits per heavy atom. The Labute approximate surface area is 207 Å². The normalized spacial score (nSPS) is 17.1. The summed E-state index contributed by atoms with van der Waals surface area (Å²) >= 11 is 3.25. The Kier molecular flexibility index (Phi) is 7.34. The highest BCUT2D eigenvalue weighted by atomic mass is 32.1. The summed E-state index contributed by atoms with van der Waals surface area (Å²) in [5.41, 5.74) is 2.20. The molecule has 178 valence electrons. The maximum atomic E-state index is 13.6. The van der Waals surface area contributed by atoms with Gasteiger partial charge in [-0.3, -0.25) is 19.5 Å². The fourth-order valence-corrected chi connectivity index (χ4v) is 6.77. The van der Waals surface area contributed by atoms with Crippen molar-refractivity contribution in [2.75, 3.05) is 38.2 Å². The van der Waals surface area contributed by atoms with Crippen LogP contribution >= 0.6 is 22.7 Å². The van der Waals surface area contributed by atoms with Crippen LogP contribution in [0.4, 0.5) is 5.00 Å². The number of aromatic nitrogens is 1. The van der Waals surface area contributed by atoms with Crippen LogP contribution in [0, 0.1) is 0 Å². The predicted molar refractivity (Wildman–Crippen MR) is 135 cm³/mol. The van der Waals surface area contributed by atoms with Crippen LogP contribution in [-0.4, -0.2) is 54.5 Å². The van der Waals surface area contributed by atoms with Gasteiger partial charge >= 0.3 is 0 Å². The molecule has 3 aromatic heterocycles. The van der Waals surface area contributed by atoms with Gasteiger partial charge in [0.25, 0.3) is 11.8 Å². The van der Waals surface area contributed by atoms with Gasteiger partial charge in [0.2, 0.25) is 0 Å². The average Bonchev–Trinajstić information content (AvgIpc) is 3.53. The van der Waals surface area contributed by atoms with Gasteiger partial charge in [-0.1, -0.05) is 6.07 Å². The number of rotatable bonds is 7. The second kappa shape index (κ2) is 10.8. The quantitative estimate of drug-likeness (QED) is 0.514. The predicted octanol–water partition coefficient (Wildman–Crippen LogP) is 4.14. The van der Waals surface area contributed by atoms with Crippen LogP contribution in [0.1, 0.15) is 54.9 Å². The summed E-state index contributed by atoms with van der Waals surface area (Å²) in [5, 5.41) is 8.91. The van der Waals surface area contributed by atoms with Crippen LogP contribution < -0.4 is 10.6 Å². The smallest absolute Gasteiger partial charge is 0.257 e. The molecule has 1 aliphatic heterocycles. The van der Waals surface area contributed by atoms with E-state index in [-0.39, 0.29) is 17.9 Å². The first kappa shape index (κ1) is 23.2. The summed E-state index contributed by atoms with van der Waals surface area (Å²) in [5.74, 6) is -0.360. The van der Waals surface area contributed by atoms with Gasteiger partial charge in [-0.05, 0) is 54.8 Å². The molecule has 1 fully saturated rings. The molecule has 34 heavy (non-hydrogen) atoms. The monoisotopic (exact) mass is 496 g/mol. The first-order valence-corrected chi connectivity index (χ1v) is 13.4. The van der Waals surface area contributed by atoms with Crippen molar-refractivity contribution < 1.29 is 14.3 Å². The summed E-state index contributed by atoms with van der Waals surface area (Å²) in [6, 6.07) is 7.75. The lowest BCUT2D eigenvalue weighted by Crippen LogP contribution is -2.43. The average molecular weight is 497 g/mol. The standard InChI is InChI=1S/C25H28N4O3S2/c30-23(17-5-3-9-26-15-17)28-25-22(18-6-1-2-7-20(18)34-25)24(31)27-16-19(21-8-4-14-33-21)29-10-12-32-13-11-29/h3-5,8-9,14-15,19H,1-2,6-7,10-13,16H2,(H,27,31)(H,28,30). The number of carbonyl (C=O) groups excluding carboxylic acids is 2. The van der Waals surface area contributed by atoms with Crippen molar-refractivity contribution in [2.24, 2.45) is 0 Å². The van der Waals surface area contributed by atoms with Gasteiger partial charge in [-0.2, -0.15) is 0 Å². The topological polar surface area (TPSA) is 83.6 Å². The Bertz CT molecular complexity index is 1120. The van der Waals surface area contributed by atoms with Gasteiger partial charge in [0.05, 0.1) is 30.4 Å². The maximum Gasteiger partial charge on any atom is 0.257 e. The Morgan fingerprint density at radius 1 is 1.12 bits per heavy atom. The number of pyridine rings is 1. The molecule has 1 unspecified atom stereocenters. The highest BCUT2D eigenvalue weighted by molar-refractivity contribution is 7.17. The van der Waals surface area contributed by atoms with E-state index in [0.717, 1.165) is 44.3 Å². The third kappa shape index (κ3) is 5.07. The number of morpholine rings is 1. The largest absolute Gasteiger partial charge is 0.379 e. The first-order valence-electron chi connectivity index (χ1n) is 11.7. The van der Waals surface area contributed by atoms with E-state index in [9.17, 15) is 9.59 Å². The highest BCUT2D eigenvalue weighted by Crippen LogP contribution is 2.38. The fourth-order valence-electron chi connectivity index (χ4n) is 4.62. The van der Waals surface area contributed by atoms with Crippen molar-refractivity contribution in [3.63, 3.8) is 0 Å². The number of carbonyl (C=O) groups is 2. The zero-order chi connectivity index (χ0) is 23.3. The molecule has 3 aromatic rings. The van der Waals surface area contributed by atoms with Crippen molar-refractivity contribution in [1.29, 1.82) is 0 Å². The molecule has 1 atom stereocenters. The van der Waals surface area contributed by atoms with Crippen LogP contribution in [-0.2, 0) is 17.6 Å². The number of anilines is 1. The molecular weight excluding hydrogens is 468 g/mol. The van der Waals surface area contributed by atoms with Gasteiger partial charge in [0.1, 0.15) is 5.00 Å². The van der Waals surface area contributed by atoms with Crippen LogP contribution in [0.3, 0.4) is 0 Å². The molecule has 9 heteroatoms. The third-order valence-electron chi connectivity index (χ3n) is 6.36. The van der Waals surface area contributed by atoms with Crippen molar-refractivity contribution in [1.82, 2.24) is 15.2 Å². The van der Waals surface area contributed by atoms with Crippen LogP contribution in [0.2, 0.25) is 0 Å². The molecule has 4 heterocycles. The van der Waals surface area contributed by atoms with E-state index < -0.39 is 0 Å². The number of nitrogens with one attached hydrogen (secondary N) is 2. The summed E-state index contributed by atoms with van der Waals surface area (Å²) in [6.07, 6.45) is 7.17. The lowest BCUT2D eigenvalue weighted by molar-refractivity contribution is 0.0169. The van der Waals surface area contributed by atoms with E-state index in [1.165, 1.54) is 27.3 Å². The van der Waals surface area contributed by atoms with E-state index in [1.807, 2.05) is 0 Å². The number of nitrogens with zero attached hydrogens (tertiary/aromatic N) is 2. The van der Waals surface area contributed by atoms with E-state index in [0.29, 0.717) is 35.9 Å². The van der Waals surface area contributed by atoms with Gasteiger partial charge in [-0.25, -0.2) is 0 Å². The van der Waals surface area contributed by atoms with Crippen molar-refractivity contribution >= 4 is 39.5 Å². The zero-order valence-electron chi connectivity index (χ0n) is 18.9.